The number of hydrogen-bond acceptors (Lipinski definition) is 3. The molecule has 1 fully saturated rings. The molecule has 0 spiro atoms. The maximum atomic E-state index is 6.14. The van der Waals surface area contributed by atoms with Crippen LogP contribution in [0.2, 0.25) is 0 Å². The lowest BCUT2D eigenvalue weighted by atomic mass is 9.86. The van der Waals surface area contributed by atoms with Crippen molar-refractivity contribution in [1.82, 2.24) is 5.32 Å². The standard InChI is InChI=1S/C18H29NO2/c1-13-10-15(3)17(11-14(13)2)18-16(6-5-8-21-18)12-19-7-9-20-4/h10-11,16,18-19H,5-9,12H2,1-4H3. The van der Waals surface area contributed by atoms with Gasteiger partial charge in [-0.3, -0.25) is 0 Å². The van der Waals surface area contributed by atoms with Crippen LogP contribution in [0.4, 0.5) is 0 Å². The highest BCUT2D eigenvalue weighted by atomic mass is 16.5. The third-order valence-electron chi connectivity index (χ3n) is 4.52. The van der Waals surface area contributed by atoms with E-state index in [1.54, 1.807) is 7.11 Å². The van der Waals surface area contributed by atoms with Crippen molar-refractivity contribution in [2.45, 2.75) is 39.7 Å². The molecule has 1 aromatic rings. The summed E-state index contributed by atoms with van der Waals surface area (Å²) in [5.74, 6) is 0.552. The first-order valence-corrected chi connectivity index (χ1v) is 8.02. The summed E-state index contributed by atoms with van der Waals surface area (Å²) < 4.78 is 11.2. The van der Waals surface area contributed by atoms with Crippen LogP contribution in [-0.4, -0.2) is 33.4 Å². The van der Waals surface area contributed by atoms with Crippen LogP contribution in [0.15, 0.2) is 12.1 Å². The average molecular weight is 291 g/mol. The smallest absolute Gasteiger partial charge is 0.0867 e. The summed E-state index contributed by atoms with van der Waals surface area (Å²) in [6.45, 7) is 10.1. The summed E-state index contributed by atoms with van der Waals surface area (Å²) in [5.41, 5.74) is 5.45. The molecule has 1 heterocycles. The quantitative estimate of drug-likeness (QED) is 0.816. The molecule has 0 bridgehead atoms. The summed E-state index contributed by atoms with van der Waals surface area (Å²) in [4.78, 5) is 0. The van der Waals surface area contributed by atoms with Gasteiger partial charge in [0.25, 0.3) is 0 Å². The van der Waals surface area contributed by atoms with Crippen molar-refractivity contribution in [1.29, 1.82) is 0 Å². The summed E-state index contributed by atoms with van der Waals surface area (Å²) in [7, 11) is 1.74. The molecule has 2 atom stereocenters. The zero-order chi connectivity index (χ0) is 15.2. The predicted octanol–water partition coefficient (Wildman–Crippen LogP) is 3.32. The van der Waals surface area contributed by atoms with Crippen LogP contribution in [-0.2, 0) is 9.47 Å². The molecule has 0 aliphatic carbocycles. The minimum atomic E-state index is 0.230. The van der Waals surface area contributed by atoms with Gasteiger partial charge in [0, 0.05) is 32.7 Å². The Labute approximate surface area is 129 Å². The summed E-state index contributed by atoms with van der Waals surface area (Å²) >= 11 is 0. The number of methoxy groups -OCH3 is 1. The van der Waals surface area contributed by atoms with Gasteiger partial charge in [0.2, 0.25) is 0 Å². The van der Waals surface area contributed by atoms with E-state index >= 15 is 0 Å². The van der Waals surface area contributed by atoms with Gasteiger partial charge in [-0.05, 0) is 55.9 Å². The van der Waals surface area contributed by atoms with Crippen molar-refractivity contribution in [3.05, 3.63) is 34.4 Å². The van der Waals surface area contributed by atoms with Gasteiger partial charge in [-0.25, -0.2) is 0 Å². The number of hydrogen-bond donors (Lipinski definition) is 1. The number of benzene rings is 1. The van der Waals surface area contributed by atoms with Gasteiger partial charge in [0.15, 0.2) is 0 Å². The Morgan fingerprint density at radius 1 is 1.19 bits per heavy atom. The van der Waals surface area contributed by atoms with E-state index in [2.05, 4.69) is 38.2 Å². The van der Waals surface area contributed by atoms with E-state index < -0.39 is 0 Å². The zero-order valence-corrected chi connectivity index (χ0v) is 13.9. The van der Waals surface area contributed by atoms with Gasteiger partial charge < -0.3 is 14.8 Å². The second-order valence-electron chi connectivity index (χ2n) is 6.18. The molecule has 2 rings (SSSR count). The molecule has 0 radical (unpaired) electrons. The highest BCUT2D eigenvalue weighted by molar-refractivity contribution is 5.38. The third kappa shape index (κ3) is 4.29. The van der Waals surface area contributed by atoms with Crippen molar-refractivity contribution in [3.63, 3.8) is 0 Å². The lowest BCUT2D eigenvalue weighted by Crippen LogP contribution is -2.33. The topological polar surface area (TPSA) is 30.5 Å². The SMILES string of the molecule is COCCNCC1CCCOC1c1cc(C)c(C)cc1C. The van der Waals surface area contributed by atoms with E-state index in [0.29, 0.717) is 5.92 Å². The fourth-order valence-corrected chi connectivity index (χ4v) is 3.15. The van der Waals surface area contributed by atoms with Gasteiger partial charge in [0.1, 0.15) is 0 Å². The molecule has 0 aromatic heterocycles. The van der Waals surface area contributed by atoms with Gasteiger partial charge in [-0.2, -0.15) is 0 Å². The van der Waals surface area contributed by atoms with E-state index in [1.807, 2.05) is 0 Å². The number of nitrogens with one attached hydrogen (secondary N) is 1. The zero-order valence-electron chi connectivity index (χ0n) is 13.9. The Bertz CT molecular complexity index is 459. The lowest BCUT2D eigenvalue weighted by Gasteiger charge is -2.33. The number of ether oxygens (including phenoxy) is 2. The van der Waals surface area contributed by atoms with E-state index in [1.165, 1.54) is 28.7 Å². The number of aryl methyl sites for hydroxylation is 3. The molecule has 1 aliphatic heterocycles. The third-order valence-corrected chi connectivity index (χ3v) is 4.52. The fourth-order valence-electron chi connectivity index (χ4n) is 3.15. The van der Waals surface area contributed by atoms with Gasteiger partial charge in [-0.1, -0.05) is 12.1 Å². The van der Waals surface area contributed by atoms with Crippen LogP contribution in [0.1, 0.15) is 41.2 Å². The molecular weight excluding hydrogens is 262 g/mol. The normalized spacial score (nSPS) is 22.5. The molecule has 118 valence electrons. The van der Waals surface area contributed by atoms with E-state index in [9.17, 15) is 0 Å². The maximum absolute atomic E-state index is 6.14. The van der Waals surface area contributed by atoms with Crippen molar-refractivity contribution in [3.8, 4) is 0 Å². The van der Waals surface area contributed by atoms with Crippen LogP contribution < -0.4 is 5.32 Å². The van der Waals surface area contributed by atoms with Crippen LogP contribution in [0.3, 0.4) is 0 Å². The molecule has 0 saturated carbocycles. The van der Waals surface area contributed by atoms with E-state index in [-0.39, 0.29) is 6.10 Å². The number of rotatable bonds is 6. The minimum Gasteiger partial charge on any atom is -0.383 e. The monoisotopic (exact) mass is 291 g/mol. The Morgan fingerprint density at radius 2 is 1.95 bits per heavy atom. The first-order valence-electron chi connectivity index (χ1n) is 8.02. The Kier molecular flexibility index (Phi) is 6.22. The van der Waals surface area contributed by atoms with Crippen LogP contribution >= 0.6 is 0 Å². The first-order chi connectivity index (χ1) is 10.1. The lowest BCUT2D eigenvalue weighted by molar-refractivity contribution is -0.0283. The second-order valence-corrected chi connectivity index (χ2v) is 6.18. The average Bonchev–Trinajstić information content (AvgIpc) is 2.48. The highest BCUT2D eigenvalue weighted by Gasteiger charge is 2.28. The van der Waals surface area contributed by atoms with Gasteiger partial charge >= 0.3 is 0 Å². The molecule has 3 nitrogen and oxygen atoms in total. The van der Waals surface area contributed by atoms with Crippen molar-refractivity contribution < 1.29 is 9.47 Å². The van der Waals surface area contributed by atoms with Crippen LogP contribution in [0.5, 0.6) is 0 Å². The van der Waals surface area contributed by atoms with Crippen molar-refractivity contribution in [2.75, 3.05) is 33.4 Å². The summed E-state index contributed by atoms with van der Waals surface area (Å²) in [6.07, 6.45) is 2.63. The van der Waals surface area contributed by atoms with E-state index in [0.717, 1.165) is 32.7 Å². The van der Waals surface area contributed by atoms with Gasteiger partial charge in [0.05, 0.1) is 12.7 Å². The molecule has 21 heavy (non-hydrogen) atoms. The highest BCUT2D eigenvalue weighted by Crippen LogP contribution is 2.35. The second kappa shape index (κ2) is 7.92. The van der Waals surface area contributed by atoms with Crippen molar-refractivity contribution >= 4 is 0 Å². The molecule has 2 unspecified atom stereocenters. The molecule has 1 aliphatic rings. The van der Waals surface area contributed by atoms with Gasteiger partial charge in [-0.15, -0.1) is 0 Å². The minimum absolute atomic E-state index is 0.230. The first kappa shape index (κ1) is 16.5. The summed E-state index contributed by atoms with van der Waals surface area (Å²) in [5, 5.41) is 3.50. The molecule has 0 amide bonds. The molecule has 3 heteroatoms. The summed E-state index contributed by atoms with van der Waals surface area (Å²) in [6, 6.07) is 4.61. The Hall–Kier alpha value is -0.900. The molecule has 1 aromatic carbocycles. The predicted molar refractivity (Wildman–Crippen MR) is 86.8 cm³/mol. The molecular formula is C18H29NO2. The fraction of sp³-hybridized carbons (Fsp3) is 0.667. The molecule has 1 N–H and O–H groups in total. The Morgan fingerprint density at radius 3 is 2.71 bits per heavy atom. The van der Waals surface area contributed by atoms with Crippen LogP contribution in [0, 0.1) is 26.7 Å². The largest absolute Gasteiger partial charge is 0.383 e. The van der Waals surface area contributed by atoms with E-state index in [4.69, 9.17) is 9.47 Å². The van der Waals surface area contributed by atoms with Crippen LogP contribution in [0.25, 0.3) is 0 Å². The maximum Gasteiger partial charge on any atom is 0.0867 e. The Balaban J connectivity index is 2.09. The van der Waals surface area contributed by atoms with Crippen molar-refractivity contribution in [2.24, 2.45) is 5.92 Å². The molecule has 1 saturated heterocycles.